The van der Waals surface area contributed by atoms with Crippen LogP contribution in [0.25, 0.3) is 10.4 Å². The molecule has 1 N–H and O–H groups in total. The summed E-state index contributed by atoms with van der Waals surface area (Å²) in [7, 11) is 0. The van der Waals surface area contributed by atoms with Crippen molar-refractivity contribution in [2.45, 2.75) is 19.0 Å². The third-order valence-electron chi connectivity index (χ3n) is 3.80. The van der Waals surface area contributed by atoms with Crippen LogP contribution in [0.15, 0.2) is 40.5 Å². The summed E-state index contributed by atoms with van der Waals surface area (Å²) in [5.74, 6) is -2.55. The van der Waals surface area contributed by atoms with E-state index in [4.69, 9.17) is 5.53 Å². The van der Waals surface area contributed by atoms with E-state index in [9.17, 15) is 14.4 Å². The van der Waals surface area contributed by atoms with Gasteiger partial charge in [-0.3, -0.25) is 19.8 Å². The molecule has 3 atom stereocenters. The van der Waals surface area contributed by atoms with Gasteiger partial charge in [-0.1, -0.05) is 23.3 Å². The summed E-state index contributed by atoms with van der Waals surface area (Å²) in [5, 5.41) is 7.14. The molecular formula is C14H12N6O3. The minimum absolute atomic E-state index is 0.0771. The zero-order chi connectivity index (χ0) is 16.6. The number of para-hydroxylation sites is 1. The Kier molecular flexibility index (Phi) is 3.55. The van der Waals surface area contributed by atoms with E-state index in [1.54, 1.807) is 30.3 Å². The van der Waals surface area contributed by atoms with Gasteiger partial charge in [-0.2, -0.15) is 5.10 Å². The largest absolute Gasteiger partial charge is 0.296 e. The molecule has 3 rings (SSSR count). The van der Waals surface area contributed by atoms with Crippen LogP contribution in [-0.2, 0) is 14.4 Å². The van der Waals surface area contributed by atoms with Crippen molar-refractivity contribution in [1.29, 1.82) is 0 Å². The van der Waals surface area contributed by atoms with Gasteiger partial charge in [0.05, 0.1) is 11.7 Å². The zero-order valence-corrected chi connectivity index (χ0v) is 12.1. The van der Waals surface area contributed by atoms with Gasteiger partial charge in [0.15, 0.2) is 5.78 Å². The number of hydrazone groups is 1. The topological polar surface area (TPSA) is 128 Å². The molecule has 0 aliphatic carbocycles. The molecule has 0 bridgehead atoms. The van der Waals surface area contributed by atoms with Gasteiger partial charge in [0, 0.05) is 4.91 Å². The van der Waals surface area contributed by atoms with E-state index < -0.39 is 35.6 Å². The highest BCUT2D eigenvalue weighted by Crippen LogP contribution is 2.30. The molecule has 2 amide bonds. The summed E-state index contributed by atoms with van der Waals surface area (Å²) in [5.41, 5.74) is 11.3. The minimum atomic E-state index is -0.994. The van der Waals surface area contributed by atoms with Crippen molar-refractivity contribution in [3.8, 4) is 0 Å². The molecule has 23 heavy (non-hydrogen) atoms. The monoisotopic (exact) mass is 312 g/mol. The molecule has 1 aromatic rings. The number of nitrogens with one attached hydrogen (secondary N) is 1. The first-order valence-corrected chi connectivity index (χ1v) is 6.90. The van der Waals surface area contributed by atoms with Crippen LogP contribution in [0.2, 0.25) is 0 Å². The fourth-order valence-corrected chi connectivity index (χ4v) is 2.67. The number of azide groups is 1. The summed E-state index contributed by atoms with van der Waals surface area (Å²) in [4.78, 5) is 40.9. The molecule has 0 aromatic heterocycles. The lowest BCUT2D eigenvalue weighted by molar-refractivity contribution is -0.122. The van der Waals surface area contributed by atoms with Crippen molar-refractivity contribution >= 4 is 29.0 Å². The Hall–Kier alpha value is -3.19. The van der Waals surface area contributed by atoms with Crippen molar-refractivity contribution in [2.24, 2.45) is 16.1 Å². The van der Waals surface area contributed by atoms with E-state index in [0.717, 1.165) is 4.90 Å². The fraction of sp³-hybridized carbons (Fsp3) is 0.286. The number of hydrogen-bond acceptors (Lipinski definition) is 6. The predicted molar refractivity (Wildman–Crippen MR) is 80.4 cm³/mol. The van der Waals surface area contributed by atoms with Gasteiger partial charge in [-0.25, -0.2) is 4.90 Å². The summed E-state index contributed by atoms with van der Waals surface area (Å²) < 4.78 is 0. The van der Waals surface area contributed by atoms with Crippen LogP contribution in [0.5, 0.6) is 0 Å². The van der Waals surface area contributed by atoms with Crippen LogP contribution in [0.3, 0.4) is 0 Å². The van der Waals surface area contributed by atoms with Crippen LogP contribution < -0.4 is 10.3 Å². The quantitative estimate of drug-likeness (QED) is 0.381. The van der Waals surface area contributed by atoms with Gasteiger partial charge in [0.25, 0.3) is 5.91 Å². The number of Topliss-reactive ketones (excluding diaryl/α,β-unsaturated/α-hetero) is 1. The predicted octanol–water partition coefficient (Wildman–Crippen LogP) is 0.772. The number of rotatable bonds is 4. The lowest BCUT2D eigenvalue weighted by atomic mass is 9.93. The molecule has 2 aliphatic heterocycles. The normalized spacial score (nSPS) is 23.7. The van der Waals surface area contributed by atoms with E-state index in [1.807, 2.05) is 0 Å². The number of fused-ring (bicyclic) bond motifs is 1. The standard InChI is InChI=1S/C14H12N6O3/c1-7(16-19-15)12(21)10-9-11(18-17-10)14(23)20(13(9)22)8-5-3-2-4-6-8/h2-7,9,11,18H,1H3. The first-order valence-electron chi connectivity index (χ1n) is 6.90. The SMILES string of the molecule is CC(N=[N+]=[N-])C(=O)C1=NNC2C(=O)N(c3ccccc3)C(=O)C12. The fourth-order valence-electron chi connectivity index (χ4n) is 2.67. The van der Waals surface area contributed by atoms with E-state index in [0.29, 0.717) is 5.69 Å². The van der Waals surface area contributed by atoms with Crippen LogP contribution in [0, 0.1) is 5.92 Å². The average molecular weight is 312 g/mol. The Bertz CT molecular complexity index is 768. The number of ketones is 1. The van der Waals surface area contributed by atoms with Gasteiger partial charge in [-0.05, 0) is 24.6 Å². The molecule has 116 valence electrons. The first kappa shape index (κ1) is 14.7. The Morgan fingerprint density at radius 2 is 2.04 bits per heavy atom. The highest BCUT2D eigenvalue weighted by atomic mass is 16.2. The Morgan fingerprint density at radius 3 is 2.70 bits per heavy atom. The second kappa shape index (κ2) is 5.54. The molecular weight excluding hydrogens is 300 g/mol. The molecule has 1 fully saturated rings. The van der Waals surface area contributed by atoms with Crippen LogP contribution in [-0.4, -0.2) is 35.4 Å². The maximum absolute atomic E-state index is 12.6. The highest BCUT2D eigenvalue weighted by molar-refractivity contribution is 6.49. The number of amides is 2. The molecule has 0 saturated carbocycles. The maximum atomic E-state index is 12.6. The highest BCUT2D eigenvalue weighted by Gasteiger charge is 2.55. The number of benzene rings is 1. The molecule has 2 heterocycles. The van der Waals surface area contributed by atoms with Crippen LogP contribution >= 0.6 is 0 Å². The number of carbonyl (C=O) groups is 3. The van der Waals surface area contributed by atoms with Gasteiger partial charge >= 0.3 is 0 Å². The molecule has 9 nitrogen and oxygen atoms in total. The maximum Gasteiger partial charge on any atom is 0.259 e. The van der Waals surface area contributed by atoms with Gasteiger partial charge in [-0.15, -0.1) is 0 Å². The van der Waals surface area contributed by atoms with E-state index in [2.05, 4.69) is 20.6 Å². The number of nitrogens with zero attached hydrogens (tertiary/aromatic N) is 5. The lowest BCUT2D eigenvalue weighted by Crippen LogP contribution is -2.36. The molecule has 9 heteroatoms. The van der Waals surface area contributed by atoms with Crippen molar-refractivity contribution in [3.05, 3.63) is 40.8 Å². The van der Waals surface area contributed by atoms with Gasteiger partial charge in [0.1, 0.15) is 17.7 Å². The van der Waals surface area contributed by atoms with E-state index in [1.165, 1.54) is 6.92 Å². The first-order chi connectivity index (χ1) is 11.1. The molecule has 2 aliphatic rings. The van der Waals surface area contributed by atoms with Crippen LogP contribution in [0.4, 0.5) is 5.69 Å². The average Bonchev–Trinajstić information content (AvgIpc) is 3.09. The Balaban J connectivity index is 1.92. The summed E-state index contributed by atoms with van der Waals surface area (Å²) in [6.45, 7) is 1.41. The number of hydrogen-bond donors (Lipinski definition) is 1. The number of carbonyl (C=O) groups excluding carboxylic acids is 3. The van der Waals surface area contributed by atoms with Crippen molar-refractivity contribution in [2.75, 3.05) is 4.90 Å². The molecule has 1 aromatic carbocycles. The third-order valence-corrected chi connectivity index (χ3v) is 3.80. The van der Waals surface area contributed by atoms with E-state index >= 15 is 0 Å². The summed E-state index contributed by atoms with van der Waals surface area (Å²) in [6.07, 6.45) is 0. The molecule has 3 unspecified atom stereocenters. The van der Waals surface area contributed by atoms with Crippen LogP contribution in [0.1, 0.15) is 6.92 Å². The third kappa shape index (κ3) is 2.23. The van der Waals surface area contributed by atoms with Gasteiger partial charge < -0.3 is 0 Å². The Morgan fingerprint density at radius 1 is 1.35 bits per heavy atom. The summed E-state index contributed by atoms with van der Waals surface area (Å²) in [6, 6.07) is 6.57. The second-order valence-corrected chi connectivity index (χ2v) is 5.17. The number of imide groups is 1. The zero-order valence-electron chi connectivity index (χ0n) is 12.1. The summed E-state index contributed by atoms with van der Waals surface area (Å²) >= 11 is 0. The van der Waals surface area contributed by atoms with E-state index in [-0.39, 0.29) is 5.71 Å². The molecule has 0 radical (unpaired) electrons. The minimum Gasteiger partial charge on any atom is -0.296 e. The van der Waals surface area contributed by atoms with Gasteiger partial charge in [0.2, 0.25) is 5.91 Å². The molecule has 0 spiro atoms. The van der Waals surface area contributed by atoms with Crippen molar-refractivity contribution < 1.29 is 14.4 Å². The smallest absolute Gasteiger partial charge is 0.259 e. The Labute approximate surface area is 130 Å². The molecule has 1 saturated heterocycles. The number of anilines is 1. The van der Waals surface area contributed by atoms with Crippen molar-refractivity contribution in [3.63, 3.8) is 0 Å². The second-order valence-electron chi connectivity index (χ2n) is 5.17. The lowest BCUT2D eigenvalue weighted by Gasteiger charge is -2.15. The van der Waals surface area contributed by atoms with Crippen molar-refractivity contribution in [1.82, 2.24) is 5.43 Å².